The predicted octanol–water partition coefficient (Wildman–Crippen LogP) is 0.354. The van der Waals surface area contributed by atoms with Crippen LogP contribution >= 0.6 is 12.2 Å². The maximum Gasteiger partial charge on any atom is 0.346 e. The van der Waals surface area contributed by atoms with E-state index in [2.05, 4.69) is 9.97 Å². The van der Waals surface area contributed by atoms with Crippen LogP contribution in [0.15, 0.2) is 12.1 Å². The van der Waals surface area contributed by atoms with E-state index in [-0.39, 0.29) is 15.8 Å². The SMILES string of the molecule is OC(O)(F)c1ccc2[nH]c(=S)[nH]c2c1C(O)(O)F. The highest BCUT2D eigenvalue weighted by molar-refractivity contribution is 7.71. The number of nitrogens with one attached hydrogen (secondary N) is 2. The minimum Gasteiger partial charge on any atom is -0.336 e. The van der Waals surface area contributed by atoms with Gasteiger partial charge in [0, 0.05) is 0 Å². The van der Waals surface area contributed by atoms with Gasteiger partial charge < -0.3 is 30.4 Å². The molecule has 0 aliphatic carbocycles. The number of benzene rings is 1. The van der Waals surface area contributed by atoms with Gasteiger partial charge >= 0.3 is 12.1 Å². The summed E-state index contributed by atoms with van der Waals surface area (Å²) < 4.78 is 26.4. The van der Waals surface area contributed by atoms with E-state index in [1.807, 2.05) is 0 Å². The lowest BCUT2D eigenvalue weighted by atomic mass is 10.0. The van der Waals surface area contributed by atoms with Gasteiger partial charge in [-0.05, 0) is 24.4 Å². The normalized spacial score (nSPS) is 13.2. The van der Waals surface area contributed by atoms with Crippen molar-refractivity contribution in [2.24, 2.45) is 0 Å². The molecule has 0 unspecified atom stereocenters. The first-order valence-electron chi connectivity index (χ1n) is 4.64. The molecule has 6 nitrogen and oxygen atoms in total. The van der Waals surface area contributed by atoms with Crippen molar-refractivity contribution in [1.82, 2.24) is 9.97 Å². The Hall–Kier alpha value is -1.39. The van der Waals surface area contributed by atoms with Crippen LogP contribution < -0.4 is 0 Å². The molecule has 18 heavy (non-hydrogen) atoms. The third-order valence-electron chi connectivity index (χ3n) is 2.35. The highest BCUT2D eigenvalue weighted by atomic mass is 32.1. The number of aromatic amines is 2. The van der Waals surface area contributed by atoms with Gasteiger partial charge in [0.2, 0.25) is 0 Å². The molecule has 0 fully saturated rings. The number of imidazole rings is 1. The smallest absolute Gasteiger partial charge is 0.336 e. The standard InChI is InChI=1S/C9H8F2N2O4S/c10-8(14,15)3-1-2-4-6(13-7(18)12-4)5(3)9(11,16)17/h1-2,14-17H,(H2,12,13,18). The molecule has 1 aromatic heterocycles. The molecule has 98 valence electrons. The van der Waals surface area contributed by atoms with Gasteiger partial charge in [0.1, 0.15) is 0 Å². The molecule has 0 atom stereocenters. The molecular weight excluding hydrogens is 270 g/mol. The van der Waals surface area contributed by atoms with Crippen LogP contribution in [0.3, 0.4) is 0 Å². The van der Waals surface area contributed by atoms with Crippen LogP contribution in [0.2, 0.25) is 0 Å². The highest BCUT2D eigenvalue weighted by Crippen LogP contribution is 2.35. The largest absolute Gasteiger partial charge is 0.346 e. The van der Waals surface area contributed by atoms with Crippen molar-refractivity contribution in [3.63, 3.8) is 0 Å². The second-order valence-corrected chi connectivity index (χ2v) is 4.07. The number of halogens is 2. The Kier molecular flexibility index (Phi) is 2.76. The Morgan fingerprint density at radius 2 is 1.61 bits per heavy atom. The van der Waals surface area contributed by atoms with E-state index >= 15 is 0 Å². The Bertz CT molecular complexity index is 653. The van der Waals surface area contributed by atoms with E-state index < -0.39 is 23.2 Å². The van der Waals surface area contributed by atoms with Gasteiger partial charge in [-0.1, -0.05) is 0 Å². The zero-order valence-corrected chi connectivity index (χ0v) is 9.42. The van der Waals surface area contributed by atoms with E-state index in [1.54, 1.807) is 0 Å². The summed E-state index contributed by atoms with van der Waals surface area (Å²) in [6.07, 6.45) is 0. The van der Waals surface area contributed by atoms with Crippen LogP contribution in [0.1, 0.15) is 11.1 Å². The zero-order valence-electron chi connectivity index (χ0n) is 8.61. The van der Waals surface area contributed by atoms with E-state index in [0.29, 0.717) is 0 Å². The highest BCUT2D eigenvalue weighted by Gasteiger charge is 2.39. The Balaban J connectivity index is 2.92. The molecule has 9 heteroatoms. The van der Waals surface area contributed by atoms with Crippen LogP contribution in [0.4, 0.5) is 8.78 Å². The quantitative estimate of drug-likeness (QED) is 0.351. The summed E-state index contributed by atoms with van der Waals surface area (Å²) in [4.78, 5) is 4.89. The predicted molar refractivity (Wildman–Crippen MR) is 57.9 cm³/mol. The average Bonchev–Trinajstić information content (AvgIpc) is 2.52. The molecule has 0 aliphatic rings. The summed E-state index contributed by atoms with van der Waals surface area (Å²) in [6.45, 7) is 0. The first-order valence-corrected chi connectivity index (χ1v) is 5.05. The average molecular weight is 278 g/mol. The van der Waals surface area contributed by atoms with Gasteiger partial charge in [0.15, 0.2) is 4.77 Å². The lowest BCUT2D eigenvalue weighted by Gasteiger charge is -2.21. The number of alkyl halides is 2. The van der Waals surface area contributed by atoms with Crippen molar-refractivity contribution >= 4 is 23.3 Å². The second-order valence-electron chi connectivity index (χ2n) is 3.66. The number of H-pyrrole nitrogens is 2. The van der Waals surface area contributed by atoms with E-state index in [1.165, 1.54) is 6.07 Å². The zero-order chi connectivity index (χ0) is 13.7. The molecule has 0 amide bonds. The molecule has 1 heterocycles. The minimum absolute atomic E-state index is 0.0213. The Morgan fingerprint density at radius 1 is 1.00 bits per heavy atom. The van der Waals surface area contributed by atoms with Gasteiger partial charge in [-0.2, -0.15) is 8.78 Å². The molecular formula is C9H8F2N2O4S. The number of hydrogen-bond donors (Lipinski definition) is 6. The van der Waals surface area contributed by atoms with Crippen LogP contribution in [0.25, 0.3) is 11.0 Å². The number of aromatic nitrogens is 2. The van der Waals surface area contributed by atoms with Gasteiger partial charge in [-0.25, -0.2) is 0 Å². The van der Waals surface area contributed by atoms with Crippen LogP contribution in [0, 0.1) is 4.77 Å². The van der Waals surface area contributed by atoms with Crippen molar-refractivity contribution in [2.45, 2.75) is 12.1 Å². The van der Waals surface area contributed by atoms with Crippen molar-refractivity contribution in [3.05, 3.63) is 28.0 Å². The van der Waals surface area contributed by atoms with Crippen LogP contribution in [0.5, 0.6) is 0 Å². The fourth-order valence-corrected chi connectivity index (χ4v) is 1.91. The van der Waals surface area contributed by atoms with Crippen molar-refractivity contribution < 1.29 is 29.2 Å². The summed E-state index contributed by atoms with van der Waals surface area (Å²) in [6, 6.07) is -5.94. The third kappa shape index (κ3) is 2.13. The number of hydrogen-bond acceptors (Lipinski definition) is 5. The molecule has 6 N–H and O–H groups in total. The van der Waals surface area contributed by atoms with Crippen molar-refractivity contribution in [1.29, 1.82) is 0 Å². The maximum absolute atomic E-state index is 13.3. The molecule has 2 rings (SSSR count). The van der Waals surface area contributed by atoms with Crippen LogP contribution in [-0.2, 0) is 12.1 Å². The summed E-state index contributed by atoms with van der Waals surface area (Å²) in [7, 11) is 0. The van der Waals surface area contributed by atoms with E-state index in [4.69, 9.17) is 32.6 Å². The number of rotatable bonds is 2. The molecule has 0 radical (unpaired) electrons. The van der Waals surface area contributed by atoms with E-state index in [0.717, 1.165) is 6.07 Å². The summed E-state index contributed by atoms with van der Waals surface area (Å²) >= 11 is 4.72. The van der Waals surface area contributed by atoms with Gasteiger partial charge in [0.05, 0.1) is 22.2 Å². The minimum atomic E-state index is -3.97. The fraction of sp³-hybridized carbons (Fsp3) is 0.222. The van der Waals surface area contributed by atoms with E-state index in [9.17, 15) is 8.78 Å². The number of fused-ring (bicyclic) bond motifs is 1. The summed E-state index contributed by atoms with van der Waals surface area (Å²) in [5.41, 5.74) is -2.25. The molecule has 0 aliphatic heterocycles. The lowest BCUT2D eigenvalue weighted by Crippen LogP contribution is -2.28. The monoisotopic (exact) mass is 278 g/mol. The van der Waals surface area contributed by atoms with Gasteiger partial charge in [-0.3, -0.25) is 0 Å². The third-order valence-corrected chi connectivity index (χ3v) is 2.56. The van der Waals surface area contributed by atoms with Crippen molar-refractivity contribution in [3.8, 4) is 0 Å². The number of aliphatic hydroxyl groups is 4. The summed E-state index contributed by atoms with van der Waals surface area (Å²) in [5, 5.41) is 35.6. The molecule has 0 saturated heterocycles. The molecule has 0 spiro atoms. The maximum atomic E-state index is 13.3. The first kappa shape index (κ1) is 13.1. The van der Waals surface area contributed by atoms with Gasteiger partial charge in [0.25, 0.3) is 0 Å². The van der Waals surface area contributed by atoms with Crippen LogP contribution in [-0.4, -0.2) is 30.4 Å². The molecule has 1 aromatic carbocycles. The van der Waals surface area contributed by atoms with Gasteiger partial charge in [-0.15, -0.1) is 0 Å². The topological polar surface area (TPSA) is 112 Å². The van der Waals surface area contributed by atoms with Crippen molar-refractivity contribution in [2.75, 3.05) is 0 Å². The molecule has 0 saturated carbocycles. The Labute approximate surface area is 103 Å². The fourth-order valence-electron chi connectivity index (χ4n) is 1.70. The second kappa shape index (κ2) is 3.80. The molecule has 2 aromatic rings. The first-order chi connectivity index (χ1) is 8.10. The molecule has 0 bridgehead atoms. The lowest BCUT2D eigenvalue weighted by molar-refractivity contribution is -0.290. The Morgan fingerprint density at radius 3 is 2.11 bits per heavy atom. The summed E-state index contributed by atoms with van der Waals surface area (Å²) in [5.74, 6) is 0.